The van der Waals surface area contributed by atoms with Crippen LogP contribution in [0.15, 0.2) is 48.6 Å². The zero-order valence-corrected chi connectivity index (χ0v) is 42.9. The van der Waals surface area contributed by atoms with E-state index in [1.54, 1.807) is 0 Å². The van der Waals surface area contributed by atoms with Gasteiger partial charge in [0.2, 0.25) is 0 Å². The van der Waals surface area contributed by atoms with Crippen molar-refractivity contribution in [3.8, 4) is 0 Å². The second kappa shape index (κ2) is 47.7. The molecule has 378 valence electrons. The Labute approximate surface area is 400 Å². The van der Waals surface area contributed by atoms with Crippen molar-refractivity contribution in [2.24, 2.45) is 0 Å². The Morgan fingerprint density at radius 1 is 0.477 bits per heavy atom. The summed E-state index contributed by atoms with van der Waals surface area (Å²) in [5, 5.41) is 9.65. The molecule has 0 aliphatic carbocycles. The number of ether oxygens (including phenoxy) is 4. The molecule has 0 saturated carbocycles. The fraction of sp³-hybridized carbons (Fsp3) is 0.804. The van der Waals surface area contributed by atoms with Crippen molar-refractivity contribution in [1.29, 1.82) is 0 Å². The minimum Gasteiger partial charge on any atom is -0.477 e. The maximum absolute atomic E-state index is 12.8. The monoisotopic (exact) mass is 917 g/mol. The van der Waals surface area contributed by atoms with Crippen molar-refractivity contribution in [3.05, 3.63) is 48.6 Å². The summed E-state index contributed by atoms with van der Waals surface area (Å²) in [6.45, 7) is 4.75. The van der Waals surface area contributed by atoms with Gasteiger partial charge in [-0.3, -0.25) is 9.59 Å². The standard InChI is InChI=1S/C56H101NO8/c1-6-8-10-12-14-16-17-18-19-20-21-22-23-24-25-26-27-28-29-30-31-32-33-34-35-36-37-39-41-43-45-47-54(59)65-52(51-64-56(55(60)61)62-49-48-57(3,4)5)50-63-53(58)46-44-42-40-38-15-13-11-9-7-2/h8,10,14,16,18-19,21-22,52,56H,6-7,9,11-13,15,17,20,23-51H2,1-5H3/p+1/b10-8-,16-14-,19-18-,22-21-. The minimum absolute atomic E-state index is 0.178. The van der Waals surface area contributed by atoms with Gasteiger partial charge in [-0.25, -0.2) is 4.79 Å². The van der Waals surface area contributed by atoms with Gasteiger partial charge in [-0.1, -0.05) is 217 Å². The first-order chi connectivity index (χ1) is 31.6. The number of quaternary nitrogens is 1. The smallest absolute Gasteiger partial charge is 0.361 e. The molecule has 0 heterocycles. The maximum Gasteiger partial charge on any atom is 0.361 e. The van der Waals surface area contributed by atoms with E-state index in [1.807, 2.05) is 21.1 Å². The van der Waals surface area contributed by atoms with Crippen LogP contribution in [0.3, 0.4) is 0 Å². The van der Waals surface area contributed by atoms with Gasteiger partial charge >= 0.3 is 17.9 Å². The third-order valence-electron chi connectivity index (χ3n) is 11.6. The molecular formula is C56H102NO8+. The number of carboxylic acids is 1. The number of hydrogen-bond acceptors (Lipinski definition) is 7. The molecule has 0 aliphatic rings. The van der Waals surface area contributed by atoms with Crippen LogP contribution in [-0.2, 0) is 33.3 Å². The van der Waals surface area contributed by atoms with Gasteiger partial charge in [0.05, 0.1) is 34.4 Å². The van der Waals surface area contributed by atoms with Gasteiger partial charge in [0.1, 0.15) is 13.2 Å². The van der Waals surface area contributed by atoms with Gasteiger partial charge in [-0.05, 0) is 51.4 Å². The first-order valence-corrected chi connectivity index (χ1v) is 26.8. The quantitative estimate of drug-likeness (QED) is 0.0211. The van der Waals surface area contributed by atoms with Crippen LogP contribution in [0.25, 0.3) is 0 Å². The Bertz CT molecular complexity index is 1210. The van der Waals surface area contributed by atoms with E-state index < -0.39 is 24.3 Å². The van der Waals surface area contributed by atoms with E-state index in [-0.39, 0.29) is 32.2 Å². The van der Waals surface area contributed by atoms with Crippen LogP contribution in [0.2, 0.25) is 0 Å². The SMILES string of the molecule is CC/C=C\C/C=C\C/C=C\C/C=C\CCCCCCCCCCCCCCCCCCCCC(=O)OC(COC(=O)CCCCCCCCCCC)COC(OCC[N+](C)(C)C)C(=O)O. The molecule has 0 aromatic rings. The first-order valence-electron chi connectivity index (χ1n) is 26.8. The first kappa shape index (κ1) is 62.2. The van der Waals surface area contributed by atoms with Crippen LogP contribution in [-0.4, -0.2) is 87.4 Å². The summed E-state index contributed by atoms with van der Waals surface area (Å²) in [4.78, 5) is 37.1. The lowest BCUT2D eigenvalue weighted by atomic mass is 10.0. The third kappa shape index (κ3) is 49.0. The van der Waals surface area contributed by atoms with E-state index in [0.717, 1.165) is 64.2 Å². The lowest BCUT2D eigenvalue weighted by molar-refractivity contribution is -0.870. The molecule has 0 fully saturated rings. The van der Waals surface area contributed by atoms with Crippen molar-refractivity contribution < 1.29 is 42.9 Å². The second-order valence-corrected chi connectivity index (χ2v) is 19.2. The molecular weight excluding hydrogens is 815 g/mol. The van der Waals surface area contributed by atoms with E-state index in [1.165, 1.54) is 141 Å². The number of aliphatic carboxylic acids is 1. The summed E-state index contributed by atoms with van der Waals surface area (Å²) in [7, 11) is 5.96. The molecule has 2 unspecified atom stereocenters. The highest BCUT2D eigenvalue weighted by atomic mass is 16.7. The predicted octanol–water partition coefficient (Wildman–Crippen LogP) is 15.1. The molecule has 0 radical (unpaired) electrons. The normalized spacial score (nSPS) is 13.2. The molecule has 0 aliphatic heterocycles. The van der Waals surface area contributed by atoms with Crippen molar-refractivity contribution in [3.63, 3.8) is 0 Å². The molecule has 0 spiro atoms. The molecule has 0 aromatic heterocycles. The Hall–Kier alpha value is -2.75. The van der Waals surface area contributed by atoms with Gasteiger partial charge in [0.25, 0.3) is 6.29 Å². The third-order valence-corrected chi connectivity index (χ3v) is 11.6. The van der Waals surface area contributed by atoms with Gasteiger partial charge in [0.15, 0.2) is 6.10 Å². The number of rotatable bonds is 49. The van der Waals surface area contributed by atoms with Gasteiger partial charge < -0.3 is 28.5 Å². The lowest BCUT2D eigenvalue weighted by Crippen LogP contribution is -2.40. The summed E-state index contributed by atoms with van der Waals surface area (Å²) in [5.74, 6) is -2.00. The summed E-state index contributed by atoms with van der Waals surface area (Å²) in [6.07, 6.45) is 54.9. The van der Waals surface area contributed by atoms with Crippen LogP contribution in [0.5, 0.6) is 0 Å². The summed E-state index contributed by atoms with van der Waals surface area (Å²) in [6, 6.07) is 0. The molecule has 0 saturated heterocycles. The largest absolute Gasteiger partial charge is 0.477 e. The molecule has 0 rings (SSSR count). The Balaban J connectivity index is 4.05. The average molecular weight is 917 g/mol. The number of carboxylic acid groups (broad SMARTS) is 1. The molecule has 1 N–H and O–H groups in total. The Morgan fingerprint density at radius 3 is 1.31 bits per heavy atom. The fourth-order valence-electron chi connectivity index (χ4n) is 7.48. The summed E-state index contributed by atoms with van der Waals surface area (Å²) < 4.78 is 22.8. The van der Waals surface area contributed by atoms with Crippen LogP contribution in [0.1, 0.15) is 232 Å². The number of likely N-dealkylation sites (N-methyl/N-ethyl adjacent to an activating group) is 1. The number of allylic oxidation sites excluding steroid dienone is 8. The molecule has 2 atom stereocenters. The highest BCUT2D eigenvalue weighted by molar-refractivity contribution is 5.71. The average Bonchev–Trinajstić information content (AvgIpc) is 3.27. The molecule has 0 aromatic carbocycles. The summed E-state index contributed by atoms with van der Waals surface area (Å²) >= 11 is 0. The van der Waals surface area contributed by atoms with Crippen LogP contribution < -0.4 is 0 Å². The van der Waals surface area contributed by atoms with Crippen LogP contribution in [0.4, 0.5) is 0 Å². The van der Waals surface area contributed by atoms with E-state index >= 15 is 0 Å². The van der Waals surface area contributed by atoms with Crippen molar-refractivity contribution in [2.75, 3.05) is 47.5 Å². The minimum atomic E-state index is -1.51. The van der Waals surface area contributed by atoms with E-state index in [4.69, 9.17) is 18.9 Å². The highest BCUT2D eigenvalue weighted by Gasteiger charge is 2.25. The molecule has 9 heteroatoms. The highest BCUT2D eigenvalue weighted by Crippen LogP contribution is 2.16. The van der Waals surface area contributed by atoms with Crippen molar-refractivity contribution in [2.45, 2.75) is 245 Å². The zero-order valence-electron chi connectivity index (χ0n) is 42.9. The molecule has 0 amide bonds. The number of esters is 2. The number of nitrogens with zero attached hydrogens (tertiary/aromatic N) is 1. The van der Waals surface area contributed by atoms with Crippen LogP contribution >= 0.6 is 0 Å². The predicted molar refractivity (Wildman–Crippen MR) is 272 cm³/mol. The van der Waals surface area contributed by atoms with Gasteiger partial charge in [-0.15, -0.1) is 0 Å². The van der Waals surface area contributed by atoms with E-state index in [0.29, 0.717) is 17.4 Å². The number of hydrogen-bond donors (Lipinski definition) is 1. The summed E-state index contributed by atoms with van der Waals surface area (Å²) in [5.41, 5.74) is 0. The maximum atomic E-state index is 12.8. The fourth-order valence-corrected chi connectivity index (χ4v) is 7.48. The van der Waals surface area contributed by atoms with E-state index in [2.05, 4.69) is 62.5 Å². The van der Waals surface area contributed by atoms with Crippen LogP contribution in [0, 0.1) is 0 Å². The topological polar surface area (TPSA) is 108 Å². The second-order valence-electron chi connectivity index (χ2n) is 19.2. The number of carbonyl (C=O) groups excluding carboxylic acids is 2. The Kier molecular flexibility index (Phi) is 45.7. The van der Waals surface area contributed by atoms with Crippen molar-refractivity contribution >= 4 is 17.9 Å². The Morgan fingerprint density at radius 2 is 0.877 bits per heavy atom. The van der Waals surface area contributed by atoms with Gasteiger partial charge in [-0.2, -0.15) is 0 Å². The number of carbonyl (C=O) groups is 3. The zero-order chi connectivity index (χ0) is 47.7. The molecule has 0 bridgehead atoms. The van der Waals surface area contributed by atoms with E-state index in [9.17, 15) is 19.5 Å². The molecule has 65 heavy (non-hydrogen) atoms. The van der Waals surface area contributed by atoms with Crippen molar-refractivity contribution in [1.82, 2.24) is 0 Å². The molecule has 9 nitrogen and oxygen atoms in total. The lowest BCUT2D eigenvalue weighted by Gasteiger charge is -2.25. The number of unbranched alkanes of at least 4 members (excludes halogenated alkanes) is 26. The van der Waals surface area contributed by atoms with Gasteiger partial charge in [0, 0.05) is 12.8 Å².